The normalized spacial score (nSPS) is 37.1. The topological polar surface area (TPSA) is 66.5 Å². The van der Waals surface area contributed by atoms with E-state index in [2.05, 4.69) is 17.5 Å². The van der Waals surface area contributed by atoms with E-state index in [0.29, 0.717) is 17.5 Å². The monoisotopic (exact) mass is 336 g/mol. The summed E-state index contributed by atoms with van der Waals surface area (Å²) in [6.07, 6.45) is 5.42. The van der Waals surface area contributed by atoms with Crippen LogP contribution in [0.2, 0.25) is 0 Å². The largest absolute Gasteiger partial charge is 0.324 e. The summed E-state index contributed by atoms with van der Waals surface area (Å²) in [6, 6.07) is 7.47. The van der Waals surface area contributed by atoms with Crippen LogP contribution < -0.4 is 5.32 Å². The highest BCUT2D eigenvalue weighted by atomic mass is 16.2. The number of hydrogen-bond acceptors (Lipinski definition) is 3. The van der Waals surface area contributed by atoms with Gasteiger partial charge in [-0.25, -0.2) is 0 Å². The van der Waals surface area contributed by atoms with Crippen LogP contribution in [0.3, 0.4) is 0 Å². The van der Waals surface area contributed by atoms with E-state index in [-0.39, 0.29) is 47.9 Å². The smallest absolute Gasteiger partial charge is 0.244 e. The molecule has 1 saturated heterocycles. The van der Waals surface area contributed by atoms with Crippen molar-refractivity contribution in [2.45, 2.75) is 13.3 Å². The summed E-state index contributed by atoms with van der Waals surface area (Å²) < 4.78 is 0. The minimum Gasteiger partial charge on any atom is -0.324 e. The number of para-hydroxylation sites is 1. The molecular formula is C20H20N2O3. The third-order valence-corrected chi connectivity index (χ3v) is 6.47. The Kier molecular flexibility index (Phi) is 3.00. The number of anilines is 1. The van der Waals surface area contributed by atoms with Crippen molar-refractivity contribution >= 4 is 23.4 Å². The van der Waals surface area contributed by atoms with E-state index in [4.69, 9.17) is 0 Å². The number of likely N-dealkylation sites (tertiary alicyclic amines) is 1. The molecule has 1 heterocycles. The van der Waals surface area contributed by atoms with Crippen molar-refractivity contribution in [1.29, 1.82) is 0 Å². The summed E-state index contributed by atoms with van der Waals surface area (Å²) in [6.45, 7) is 1.72. The van der Waals surface area contributed by atoms with Crippen LogP contribution in [0.1, 0.15) is 12.0 Å². The van der Waals surface area contributed by atoms with Crippen LogP contribution in [-0.4, -0.2) is 29.2 Å². The van der Waals surface area contributed by atoms with E-state index >= 15 is 0 Å². The van der Waals surface area contributed by atoms with Crippen LogP contribution in [0.4, 0.5) is 5.69 Å². The molecular weight excluding hydrogens is 316 g/mol. The predicted molar refractivity (Wildman–Crippen MR) is 91.2 cm³/mol. The average molecular weight is 336 g/mol. The number of benzene rings is 1. The van der Waals surface area contributed by atoms with Crippen LogP contribution >= 0.6 is 0 Å². The second-order valence-electron chi connectivity index (χ2n) is 7.78. The lowest BCUT2D eigenvalue weighted by atomic mass is 9.63. The summed E-state index contributed by atoms with van der Waals surface area (Å²) in [5.41, 5.74) is 1.66. The number of nitrogens with zero attached hydrogens (tertiary/aromatic N) is 1. The molecule has 0 unspecified atom stereocenters. The standard InChI is InChI=1S/C20H20N2O3/c1-10-4-2-3-5-15(10)21-16(23)9-22-19(24)17-11-6-7-12(14-8-13(11)14)18(17)20(22)25/h2-7,11-14,17-18H,8-9H2,1H3,(H,21,23)/t11-,12-,13-,14-,17+,18+/m1/s1. The van der Waals surface area contributed by atoms with Crippen LogP contribution in [-0.2, 0) is 14.4 Å². The van der Waals surface area contributed by atoms with E-state index in [1.165, 1.54) is 4.90 Å². The molecule has 2 bridgehead atoms. The van der Waals surface area contributed by atoms with E-state index < -0.39 is 0 Å². The zero-order valence-corrected chi connectivity index (χ0v) is 14.0. The van der Waals surface area contributed by atoms with Gasteiger partial charge in [0, 0.05) is 5.69 Å². The van der Waals surface area contributed by atoms with E-state index in [1.807, 2.05) is 31.2 Å². The third-order valence-electron chi connectivity index (χ3n) is 6.47. The Morgan fingerprint density at radius 2 is 1.68 bits per heavy atom. The Labute approximate surface area is 146 Å². The maximum atomic E-state index is 12.9. The molecule has 1 N–H and O–H groups in total. The minimum atomic E-state index is -0.319. The van der Waals surface area contributed by atoms with Gasteiger partial charge in [-0.15, -0.1) is 0 Å². The first-order chi connectivity index (χ1) is 12.1. The van der Waals surface area contributed by atoms with Crippen molar-refractivity contribution in [3.63, 3.8) is 0 Å². The maximum absolute atomic E-state index is 12.9. The van der Waals surface area contributed by atoms with Crippen LogP contribution in [0.15, 0.2) is 36.4 Å². The number of rotatable bonds is 3. The lowest BCUT2D eigenvalue weighted by Gasteiger charge is -2.37. The SMILES string of the molecule is Cc1ccccc1NC(=O)CN1C(=O)[C@H]2[C@@H]3C=C[C@H]([C@H]4C[C@H]34)[C@@H]2C1=O. The second-order valence-corrected chi connectivity index (χ2v) is 7.78. The highest BCUT2D eigenvalue weighted by Crippen LogP contribution is 2.65. The molecule has 1 aromatic rings. The molecule has 3 amide bonds. The summed E-state index contributed by atoms with van der Waals surface area (Å²) >= 11 is 0. The molecule has 25 heavy (non-hydrogen) atoms. The quantitative estimate of drug-likeness (QED) is 0.678. The van der Waals surface area contributed by atoms with Gasteiger partial charge in [0.1, 0.15) is 6.54 Å². The Morgan fingerprint density at radius 1 is 1.08 bits per heavy atom. The van der Waals surface area contributed by atoms with Crippen molar-refractivity contribution in [3.05, 3.63) is 42.0 Å². The van der Waals surface area contributed by atoms with Crippen LogP contribution in [0, 0.1) is 42.4 Å². The van der Waals surface area contributed by atoms with Crippen molar-refractivity contribution in [1.82, 2.24) is 4.90 Å². The average Bonchev–Trinajstić information content (AvgIpc) is 3.38. The number of imide groups is 1. The minimum absolute atomic E-state index is 0.153. The Morgan fingerprint density at radius 3 is 2.28 bits per heavy atom. The first-order valence-corrected chi connectivity index (χ1v) is 8.95. The molecule has 3 fully saturated rings. The van der Waals surface area contributed by atoms with Gasteiger partial charge in [0.25, 0.3) is 0 Å². The second kappa shape index (κ2) is 5.04. The fraction of sp³-hybridized carbons (Fsp3) is 0.450. The molecule has 4 aliphatic carbocycles. The third kappa shape index (κ3) is 2.04. The number of nitrogens with one attached hydrogen (secondary N) is 1. The molecule has 6 rings (SSSR count). The van der Waals surface area contributed by atoms with Crippen molar-refractivity contribution < 1.29 is 14.4 Å². The molecule has 1 aliphatic heterocycles. The lowest BCUT2D eigenvalue weighted by Crippen LogP contribution is -2.40. The van der Waals surface area contributed by atoms with Crippen LogP contribution in [0.5, 0.6) is 0 Å². The molecule has 1 aromatic carbocycles. The summed E-state index contributed by atoms with van der Waals surface area (Å²) in [4.78, 5) is 39.3. The van der Waals surface area contributed by atoms with Gasteiger partial charge in [-0.3, -0.25) is 19.3 Å². The predicted octanol–water partition coefficient (Wildman–Crippen LogP) is 1.99. The Hall–Kier alpha value is -2.43. The maximum Gasteiger partial charge on any atom is 0.244 e. The number of carbonyl (C=O) groups excluding carboxylic acids is 3. The van der Waals surface area contributed by atoms with Gasteiger partial charge < -0.3 is 5.32 Å². The van der Waals surface area contributed by atoms with Gasteiger partial charge in [0.2, 0.25) is 17.7 Å². The zero-order valence-electron chi connectivity index (χ0n) is 14.0. The van der Waals surface area contributed by atoms with Crippen molar-refractivity contribution in [2.75, 3.05) is 11.9 Å². The van der Waals surface area contributed by atoms with Crippen LogP contribution in [0.25, 0.3) is 0 Å². The zero-order chi connectivity index (χ0) is 17.3. The van der Waals surface area contributed by atoms with Gasteiger partial charge in [-0.1, -0.05) is 30.4 Å². The lowest BCUT2D eigenvalue weighted by molar-refractivity contribution is -0.142. The van der Waals surface area contributed by atoms with Crippen molar-refractivity contribution in [3.8, 4) is 0 Å². The number of hydrogen-bond donors (Lipinski definition) is 1. The van der Waals surface area contributed by atoms with Gasteiger partial charge in [0.15, 0.2) is 0 Å². The highest BCUT2D eigenvalue weighted by Gasteiger charge is 2.67. The van der Waals surface area contributed by atoms with Crippen molar-refractivity contribution in [2.24, 2.45) is 35.5 Å². The highest BCUT2D eigenvalue weighted by molar-refractivity contribution is 6.09. The number of carbonyl (C=O) groups is 3. The Bertz CT molecular complexity index is 794. The van der Waals surface area contributed by atoms with E-state index in [9.17, 15) is 14.4 Å². The number of amides is 3. The van der Waals surface area contributed by atoms with Gasteiger partial charge >= 0.3 is 0 Å². The number of allylic oxidation sites excluding steroid dienone is 2. The molecule has 5 heteroatoms. The summed E-state index contributed by atoms with van der Waals surface area (Å²) in [7, 11) is 0. The fourth-order valence-corrected chi connectivity index (χ4v) is 5.22. The number of aryl methyl sites for hydroxylation is 1. The molecule has 2 saturated carbocycles. The fourth-order valence-electron chi connectivity index (χ4n) is 5.22. The van der Waals surface area contributed by atoms with Gasteiger partial charge in [0.05, 0.1) is 11.8 Å². The van der Waals surface area contributed by atoms with Gasteiger partial charge in [-0.05, 0) is 48.6 Å². The molecule has 5 aliphatic rings. The molecule has 5 nitrogen and oxygen atoms in total. The molecule has 0 radical (unpaired) electrons. The Balaban J connectivity index is 1.34. The summed E-state index contributed by atoms with van der Waals surface area (Å²) in [5, 5.41) is 2.81. The van der Waals surface area contributed by atoms with E-state index in [1.54, 1.807) is 0 Å². The molecule has 0 aromatic heterocycles. The van der Waals surface area contributed by atoms with E-state index in [0.717, 1.165) is 12.0 Å². The van der Waals surface area contributed by atoms with Gasteiger partial charge in [-0.2, -0.15) is 0 Å². The molecule has 6 atom stereocenters. The molecule has 128 valence electrons. The first kappa shape index (κ1) is 14.9. The first-order valence-electron chi connectivity index (χ1n) is 8.95. The molecule has 0 spiro atoms. The summed E-state index contributed by atoms with van der Waals surface area (Å²) in [5.74, 6) is 0.443.